The van der Waals surface area contributed by atoms with Crippen LogP contribution < -0.4 is 0 Å². The first-order valence-electron chi connectivity index (χ1n) is 10.8. The summed E-state index contributed by atoms with van der Waals surface area (Å²) in [6.07, 6.45) is 11.8. The van der Waals surface area contributed by atoms with Crippen LogP contribution in [0.2, 0.25) is 0 Å². The molecule has 0 radical (unpaired) electrons. The number of likely N-dealkylation sites (N-methyl/N-ethyl adjacent to an activating group) is 1. The van der Waals surface area contributed by atoms with E-state index in [4.69, 9.17) is 9.47 Å². The van der Waals surface area contributed by atoms with Crippen molar-refractivity contribution in [3.8, 4) is 0 Å². The largest absolute Gasteiger partial charge is 0.393 e. The normalized spacial score (nSPS) is 39.0. The highest BCUT2D eigenvalue weighted by Crippen LogP contribution is 2.27. The molecule has 6 atom stereocenters. The predicted octanol–water partition coefficient (Wildman–Crippen LogP) is 3.46. The van der Waals surface area contributed by atoms with Gasteiger partial charge in [0.15, 0.2) is 6.29 Å². The van der Waals surface area contributed by atoms with Gasteiger partial charge in [0, 0.05) is 6.04 Å². The fourth-order valence-electron chi connectivity index (χ4n) is 4.30. The quantitative estimate of drug-likeness (QED) is 0.795. The molecule has 0 spiro atoms. The van der Waals surface area contributed by atoms with Crippen LogP contribution in [0.25, 0.3) is 0 Å². The molecule has 2 rings (SSSR count). The Labute approximate surface area is 160 Å². The van der Waals surface area contributed by atoms with E-state index in [0.29, 0.717) is 0 Å². The van der Waals surface area contributed by atoms with Crippen LogP contribution in [0.15, 0.2) is 0 Å². The molecule has 0 aromatic carbocycles. The molecule has 1 heterocycles. The van der Waals surface area contributed by atoms with Crippen molar-refractivity contribution in [3.05, 3.63) is 0 Å². The lowest BCUT2D eigenvalue weighted by atomic mass is 9.98. The van der Waals surface area contributed by atoms with Crippen molar-refractivity contribution < 1.29 is 19.7 Å². The van der Waals surface area contributed by atoms with Gasteiger partial charge in [0.2, 0.25) is 0 Å². The summed E-state index contributed by atoms with van der Waals surface area (Å²) >= 11 is 0. The highest BCUT2D eigenvalue weighted by atomic mass is 16.7. The summed E-state index contributed by atoms with van der Waals surface area (Å²) in [5, 5.41) is 20.7. The molecule has 0 bridgehead atoms. The van der Waals surface area contributed by atoms with Crippen molar-refractivity contribution in [1.82, 2.24) is 4.90 Å². The van der Waals surface area contributed by atoms with E-state index in [1.54, 1.807) is 0 Å². The van der Waals surface area contributed by atoms with Crippen molar-refractivity contribution >= 4 is 0 Å². The number of aliphatic hydroxyl groups is 2. The van der Waals surface area contributed by atoms with Crippen molar-refractivity contribution in [3.63, 3.8) is 0 Å². The SMILES string of the molecule is C[C@@H]1CC(N(C)C)C(O)C(OC2CCCCCCC(O)CCCCC2)O1. The number of hydrogen-bond acceptors (Lipinski definition) is 5. The molecule has 2 N–H and O–H groups in total. The smallest absolute Gasteiger partial charge is 0.185 e. The molecular weight excluding hydrogens is 330 g/mol. The van der Waals surface area contributed by atoms with Crippen molar-refractivity contribution in [1.29, 1.82) is 0 Å². The average molecular weight is 372 g/mol. The van der Waals surface area contributed by atoms with E-state index >= 15 is 0 Å². The minimum absolute atomic E-state index is 0.0833. The molecule has 2 aliphatic rings. The Morgan fingerprint density at radius 1 is 0.846 bits per heavy atom. The number of nitrogens with zero attached hydrogens (tertiary/aromatic N) is 1. The molecule has 1 saturated heterocycles. The fourth-order valence-corrected chi connectivity index (χ4v) is 4.30. The number of aliphatic hydroxyl groups excluding tert-OH is 2. The first kappa shape index (κ1) is 22.1. The maximum Gasteiger partial charge on any atom is 0.185 e. The van der Waals surface area contributed by atoms with E-state index in [2.05, 4.69) is 11.8 Å². The van der Waals surface area contributed by atoms with Gasteiger partial charge < -0.3 is 24.6 Å². The molecule has 5 unspecified atom stereocenters. The van der Waals surface area contributed by atoms with Crippen LogP contribution in [0, 0.1) is 0 Å². The Balaban J connectivity index is 1.89. The van der Waals surface area contributed by atoms with Gasteiger partial charge in [0.1, 0.15) is 6.10 Å². The van der Waals surface area contributed by atoms with Gasteiger partial charge in [-0.1, -0.05) is 44.9 Å². The van der Waals surface area contributed by atoms with Gasteiger partial charge in [-0.25, -0.2) is 0 Å². The van der Waals surface area contributed by atoms with Crippen LogP contribution >= 0.6 is 0 Å². The summed E-state index contributed by atoms with van der Waals surface area (Å²) in [6.45, 7) is 2.06. The molecule has 1 saturated carbocycles. The van der Waals surface area contributed by atoms with Gasteiger partial charge in [-0.05, 0) is 53.1 Å². The zero-order valence-electron chi connectivity index (χ0n) is 17.1. The van der Waals surface area contributed by atoms with Gasteiger partial charge >= 0.3 is 0 Å². The highest BCUT2D eigenvalue weighted by Gasteiger charge is 2.38. The average Bonchev–Trinajstić information content (AvgIpc) is 2.60. The van der Waals surface area contributed by atoms with Gasteiger partial charge in [-0.15, -0.1) is 0 Å². The van der Waals surface area contributed by atoms with Crippen LogP contribution in [0.4, 0.5) is 0 Å². The van der Waals surface area contributed by atoms with E-state index in [1.807, 2.05) is 14.1 Å². The van der Waals surface area contributed by atoms with Gasteiger partial charge in [-0.2, -0.15) is 0 Å². The Morgan fingerprint density at radius 2 is 1.38 bits per heavy atom. The molecule has 1 aliphatic heterocycles. The third kappa shape index (κ3) is 7.43. The van der Waals surface area contributed by atoms with Gasteiger partial charge in [-0.3, -0.25) is 0 Å². The van der Waals surface area contributed by atoms with Crippen LogP contribution in [0.1, 0.15) is 84.0 Å². The number of rotatable bonds is 3. The zero-order valence-corrected chi connectivity index (χ0v) is 17.1. The lowest BCUT2D eigenvalue weighted by Crippen LogP contribution is -2.54. The molecule has 26 heavy (non-hydrogen) atoms. The number of ether oxygens (including phenoxy) is 2. The first-order chi connectivity index (χ1) is 12.5. The Bertz CT molecular complexity index is 379. The summed E-state index contributed by atoms with van der Waals surface area (Å²) in [5.74, 6) is 0. The second-order valence-corrected chi connectivity index (χ2v) is 8.61. The fraction of sp³-hybridized carbons (Fsp3) is 1.00. The second kappa shape index (κ2) is 11.6. The monoisotopic (exact) mass is 371 g/mol. The highest BCUT2D eigenvalue weighted by molar-refractivity contribution is 4.86. The van der Waals surface area contributed by atoms with Crippen molar-refractivity contribution in [2.75, 3.05) is 14.1 Å². The van der Waals surface area contributed by atoms with Crippen molar-refractivity contribution in [2.45, 2.75) is 121 Å². The van der Waals surface area contributed by atoms with Gasteiger partial charge in [0.05, 0.1) is 18.3 Å². The Hall–Kier alpha value is -0.200. The zero-order chi connectivity index (χ0) is 18.9. The maximum absolute atomic E-state index is 10.7. The summed E-state index contributed by atoms with van der Waals surface area (Å²) in [4.78, 5) is 2.08. The third-order valence-electron chi connectivity index (χ3n) is 5.98. The standard InChI is InChI=1S/C21H41NO4/c1-16-15-19(22(2)3)20(24)21(25-16)26-18-13-9-5-4-7-11-17(23)12-8-6-10-14-18/h16-21,23-24H,4-15H2,1-3H3/t16-,17?,18?,19?,20?,21?/m1/s1. The molecule has 0 aromatic heterocycles. The van der Waals surface area contributed by atoms with Crippen LogP contribution in [-0.2, 0) is 9.47 Å². The van der Waals surface area contributed by atoms with Gasteiger partial charge in [0.25, 0.3) is 0 Å². The second-order valence-electron chi connectivity index (χ2n) is 8.61. The molecule has 154 valence electrons. The molecule has 2 fully saturated rings. The topological polar surface area (TPSA) is 62.2 Å². The summed E-state index contributed by atoms with van der Waals surface area (Å²) in [6, 6.07) is 0.0833. The molecule has 5 heteroatoms. The lowest BCUT2D eigenvalue weighted by Gasteiger charge is -2.42. The number of hydrogen-bond donors (Lipinski definition) is 2. The molecular formula is C21H41NO4. The predicted molar refractivity (Wildman–Crippen MR) is 104 cm³/mol. The van der Waals surface area contributed by atoms with E-state index in [9.17, 15) is 10.2 Å². The maximum atomic E-state index is 10.7. The molecule has 1 aliphatic carbocycles. The minimum Gasteiger partial charge on any atom is -0.393 e. The van der Waals surface area contributed by atoms with Crippen molar-refractivity contribution in [2.24, 2.45) is 0 Å². The first-order valence-corrected chi connectivity index (χ1v) is 10.8. The van der Waals surface area contributed by atoms with E-state index in [0.717, 1.165) is 64.2 Å². The third-order valence-corrected chi connectivity index (χ3v) is 5.98. The van der Waals surface area contributed by atoms with Crippen LogP contribution in [0.3, 0.4) is 0 Å². The molecule has 0 amide bonds. The summed E-state index contributed by atoms with van der Waals surface area (Å²) in [7, 11) is 4.02. The minimum atomic E-state index is -0.596. The lowest BCUT2D eigenvalue weighted by molar-refractivity contribution is -0.269. The van der Waals surface area contributed by atoms with E-state index < -0.39 is 12.4 Å². The molecule has 5 nitrogen and oxygen atoms in total. The molecule has 0 aromatic rings. The van der Waals surface area contributed by atoms with E-state index in [1.165, 1.54) is 12.8 Å². The Kier molecular flexibility index (Phi) is 9.86. The Morgan fingerprint density at radius 3 is 1.96 bits per heavy atom. The summed E-state index contributed by atoms with van der Waals surface area (Å²) < 4.78 is 12.3. The van der Waals surface area contributed by atoms with E-state index in [-0.39, 0.29) is 24.4 Å². The van der Waals surface area contributed by atoms with Crippen LogP contribution in [-0.4, -0.2) is 66.0 Å². The summed E-state index contributed by atoms with van der Waals surface area (Å²) in [5.41, 5.74) is 0. The van der Waals surface area contributed by atoms with Crippen LogP contribution in [0.5, 0.6) is 0 Å².